The van der Waals surface area contributed by atoms with Gasteiger partial charge in [0.15, 0.2) is 11.5 Å². The van der Waals surface area contributed by atoms with Crippen LogP contribution in [0.25, 0.3) is 10.9 Å². The minimum absolute atomic E-state index is 0.0154. The molecule has 3 aromatic carbocycles. The second-order valence-corrected chi connectivity index (χ2v) is 7.38. The van der Waals surface area contributed by atoms with Gasteiger partial charge in [0, 0.05) is 35.1 Å². The molecule has 0 fully saturated rings. The number of benzene rings is 3. The Balaban J connectivity index is 1.64. The molecule has 0 aliphatic rings. The number of rotatable bonds is 8. The summed E-state index contributed by atoms with van der Waals surface area (Å²) in [5.74, 6) is 1.09. The Kier molecular flexibility index (Phi) is 6.31. The van der Waals surface area contributed by atoms with Crippen molar-refractivity contribution in [3.05, 3.63) is 89.6 Å². The number of hydrogen-bond donors (Lipinski definition) is 2. The molecule has 0 radical (unpaired) electrons. The Bertz CT molecular complexity index is 1190. The van der Waals surface area contributed by atoms with Gasteiger partial charge in [-0.15, -0.1) is 0 Å². The van der Waals surface area contributed by atoms with Gasteiger partial charge in [0.05, 0.1) is 21.3 Å². The molecule has 6 nitrogen and oxygen atoms in total. The van der Waals surface area contributed by atoms with E-state index in [0.29, 0.717) is 29.4 Å². The fourth-order valence-corrected chi connectivity index (χ4v) is 3.98. The van der Waals surface area contributed by atoms with Crippen molar-refractivity contribution in [1.82, 2.24) is 10.3 Å². The van der Waals surface area contributed by atoms with Crippen molar-refractivity contribution in [1.29, 1.82) is 0 Å². The molecule has 0 saturated heterocycles. The number of amides is 1. The lowest BCUT2D eigenvalue weighted by molar-refractivity contribution is 0.0951. The summed E-state index contributed by atoms with van der Waals surface area (Å²) in [7, 11) is 4.59. The zero-order valence-corrected chi connectivity index (χ0v) is 18.3. The van der Waals surface area contributed by atoms with Crippen LogP contribution in [0.1, 0.15) is 27.4 Å². The number of para-hydroxylation sites is 1. The standard InChI is InChI=1S/C26H26N2O4/c1-30-23-13-18(14-24(31-2)25(23)32-3)26(29)28-15-20(17-9-5-4-6-10-17)21-16-27-22-12-8-7-11-19(21)22/h4-14,16,20,27H,15H2,1-3H3,(H,28,29). The summed E-state index contributed by atoms with van der Waals surface area (Å²) in [5, 5.41) is 4.23. The molecule has 4 aromatic rings. The van der Waals surface area contributed by atoms with Crippen molar-refractivity contribution in [2.24, 2.45) is 0 Å². The van der Waals surface area contributed by atoms with Crippen LogP contribution >= 0.6 is 0 Å². The van der Waals surface area contributed by atoms with Gasteiger partial charge in [-0.2, -0.15) is 0 Å². The van der Waals surface area contributed by atoms with E-state index in [-0.39, 0.29) is 11.8 Å². The monoisotopic (exact) mass is 430 g/mol. The van der Waals surface area contributed by atoms with Crippen LogP contribution in [-0.2, 0) is 0 Å². The van der Waals surface area contributed by atoms with E-state index in [0.717, 1.165) is 22.0 Å². The number of hydrogen-bond acceptors (Lipinski definition) is 4. The molecule has 4 rings (SSSR count). The Morgan fingerprint density at radius 3 is 2.22 bits per heavy atom. The molecular weight excluding hydrogens is 404 g/mol. The van der Waals surface area contributed by atoms with E-state index in [2.05, 4.69) is 34.6 Å². The first-order chi connectivity index (χ1) is 15.7. The van der Waals surface area contributed by atoms with Crippen molar-refractivity contribution >= 4 is 16.8 Å². The molecule has 0 bridgehead atoms. The van der Waals surface area contributed by atoms with Gasteiger partial charge < -0.3 is 24.5 Å². The molecule has 1 unspecified atom stereocenters. The first-order valence-electron chi connectivity index (χ1n) is 10.4. The van der Waals surface area contributed by atoms with E-state index in [1.165, 1.54) is 21.3 Å². The van der Waals surface area contributed by atoms with E-state index in [1.807, 2.05) is 36.5 Å². The normalized spacial score (nSPS) is 11.7. The second-order valence-electron chi connectivity index (χ2n) is 7.38. The van der Waals surface area contributed by atoms with Crippen LogP contribution in [0.3, 0.4) is 0 Å². The van der Waals surface area contributed by atoms with E-state index in [9.17, 15) is 4.79 Å². The predicted molar refractivity (Wildman–Crippen MR) is 125 cm³/mol. The summed E-state index contributed by atoms with van der Waals surface area (Å²) >= 11 is 0. The van der Waals surface area contributed by atoms with Crippen molar-refractivity contribution in [2.75, 3.05) is 27.9 Å². The lowest BCUT2D eigenvalue weighted by Crippen LogP contribution is -2.29. The second kappa shape index (κ2) is 9.47. The van der Waals surface area contributed by atoms with Gasteiger partial charge in [-0.3, -0.25) is 4.79 Å². The third kappa shape index (κ3) is 4.12. The highest BCUT2D eigenvalue weighted by atomic mass is 16.5. The number of aromatic amines is 1. The summed E-state index contributed by atoms with van der Waals surface area (Å²) in [6, 6.07) is 21.7. The zero-order chi connectivity index (χ0) is 22.5. The van der Waals surface area contributed by atoms with Gasteiger partial charge >= 0.3 is 0 Å². The Morgan fingerprint density at radius 2 is 1.56 bits per heavy atom. The Hall–Kier alpha value is -3.93. The molecule has 1 aromatic heterocycles. The van der Waals surface area contributed by atoms with Crippen LogP contribution in [0.2, 0.25) is 0 Å². The van der Waals surface area contributed by atoms with Gasteiger partial charge in [-0.1, -0.05) is 48.5 Å². The summed E-state index contributed by atoms with van der Waals surface area (Å²) in [5.41, 5.74) is 3.77. The molecule has 1 atom stereocenters. The van der Waals surface area contributed by atoms with Crippen LogP contribution in [0.5, 0.6) is 17.2 Å². The quantitative estimate of drug-likeness (QED) is 0.423. The van der Waals surface area contributed by atoms with Crippen LogP contribution in [0.15, 0.2) is 72.9 Å². The number of ether oxygens (including phenoxy) is 3. The fraction of sp³-hybridized carbons (Fsp3) is 0.192. The van der Waals surface area contributed by atoms with Crippen molar-refractivity contribution in [3.8, 4) is 17.2 Å². The zero-order valence-electron chi connectivity index (χ0n) is 18.3. The molecule has 0 saturated carbocycles. The summed E-state index contributed by atoms with van der Waals surface area (Å²) < 4.78 is 16.1. The highest BCUT2D eigenvalue weighted by Crippen LogP contribution is 2.38. The summed E-state index contributed by atoms with van der Waals surface area (Å²) in [4.78, 5) is 16.4. The highest BCUT2D eigenvalue weighted by molar-refractivity contribution is 5.95. The molecule has 0 aliphatic heterocycles. The smallest absolute Gasteiger partial charge is 0.251 e. The molecule has 6 heteroatoms. The van der Waals surface area contributed by atoms with Gasteiger partial charge in [0.1, 0.15) is 0 Å². The van der Waals surface area contributed by atoms with Crippen molar-refractivity contribution in [3.63, 3.8) is 0 Å². The number of H-pyrrole nitrogens is 1. The first-order valence-corrected chi connectivity index (χ1v) is 10.4. The summed E-state index contributed by atoms with van der Waals surface area (Å²) in [6.45, 7) is 0.432. The lowest BCUT2D eigenvalue weighted by atomic mass is 9.91. The molecule has 0 spiro atoms. The predicted octanol–water partition coefficient (Wildman–Crippen LogP) is 4.76. The van der Waals surface area contributed by atoms with Crippen LogP contribution < -0.4 is 19.5 Å². The van der Waals surface area contributed by atoms with Gasteiger partial charge in [0.2, 0.25) is 5.75 Å². The topological polar surface area (TPSA) is 72.6 Å². The molecule has 1 amide bonds. The van der Waals surface area contributed by atoms with Crippen LogP contribution in [0.4, 0.5) is 0 Å². The number of carbonyl (C=O) groups excluding carboxylic acids is 1. The van der Waals surface area contributed by atoms with E-state index in [1.54, 1.807) is 12.1 Å². The minimum atomic E-state index is -0.218. The van der Waals surface area contributed by atoms with Gasteiger partial charge in [-0.05, 0) is 29.3 Å². The average Bonchev–Trinajstić information content (AvgIpc) is 3.27. The van der Waals surface area contributed by atoms with E-state index >= 15 is 0 Å². The molecule has 2 N–H and O–H groups in total. The Labute approximate surface area is 187 Å². The number of carbonyl (C=O) groups is 1. The molecule has 32 heavy (non-hydrogen) atoms. The highest BCUT2D eigenvalue weighted by Gasteiger charge is 2.21. The average molecular weight is 431 g/mol. The maximum Gasteiger partial charge on any atom is 0.251 e. The summed E-state index contributed by atoms with van der Waals surface area (Å²) in [6.07, 6.45) is 2.02. The molecule has 164 valence electrons. The van der Waals surface area contributed by atoms with E-state index < -0.39 is 0 Å². The third-order valence-electron chi connectivity index (χ3n) is 5.59. The van der Waals surface area contributed by atoms with Crippen molar-refractivity contribution < 1.29 is 19.0 Å². The molecule has 0 aliphatic carbocycles. The largest absolute Gasteiger partial charge is 0.493 e. The van der Waals surface area contributed by atoms with Gasteiger partial charge in [0.25, 0.3) is 5.91 Å². The van der Waals surface area contributed by atoms with Crippen LogP contribution in [-0.4, -0.2) is 38.8 Å². The first kappa shape index (κ1) is 21.3. The molecule has 1 heterocycles. The number of nitrogens with one attached hydrogen (secondary N) is 2. The Morgan fingerprint density at radius 1 is 0.906 bits per heavy atom. The molecular formula is C26H26N2O4. The van der Waals surface area contributed by atoms with Gasteiger partial charge in [-0.25, -0.2) is 0 Å². The third-order valence-corrected chi connectivity index (χ3v) is 5.59. The SMILES string of the molecule is COc1cc(C(=O)NCC(c2ccccc2)c2c[nH]c3ccccc23)cc(OC)c1OC. The fourth-order valence-electron chi connectivity index (χ4n) is 3.98. The minimum Gasteiger partial charge on any atom is -0.493 e. The maximum atomic E-state index is 13.1. The van der Waals surface area contributed by atoms with Crippen LogP contribution in [0, 0.1) is 0 Å². The maximum absolute atomic E-state index is 13.1. The number of fused-ring (bicyclic) bond motifs is 1. The lowest BCUT2D eigenvalue weighted by Gasteiger charge is -2.19. The number of aromatic nitrogens is 1. The number of methoxy groups -OCH3 is 3. The van der Waals surface area contributed by atoms with E-state index in [4.69, 9.17) is 14.2 Å². The van der Waals surface area contributed by atoms with Crippen molar-refractivity contribution in [2.45, 2.75) is 5.92 Å².